The average molecular weight is 319 g/mol. The standard InChI is InChI=1S/C17H25N3O3/c1-11(2)10-19-6-7-20(13(4)16(19)21)17(22)15-14(23-5)8-12(3)9-18-15/h8-9,11,13H,6-7,10H2,1-5H3. The third-order valence-corrected chi connectivity index (χ3v) is 4.01. The van der Waals surface area contributed by atoms with E-state index in [4.69, 9.17) is 4.74 Å². The first-order valence-electron chi connectivity index (χ1n) is 7.95. The molecule has 6 nitrogen and oxygen atoms in total. The van der Waals surface area contributed by atoms with Crippen molar-refractivity contribution in [3.63, 3.8) is 0 Å². The van der Waals surface area contributed by atoms with E-state index in [9.17, 15) is 9.59 Å². The smallest absolute Gasteiger partial charge is 0.277 e. The van der Waals surface area contributed by atoms with Gasteiger partial charge in [-0.05, 0) is 31.4 Å². The highest BCUT2D eigenvalue weighted by molar-refractivity contribution is 5.98. The molecule has 1 aliphatic heterocycles. The molecule has 0 aromatic carbocycles. The molecule has 1 unspecified atom stereocenters. The first kappa shape index (κ1) is 17.2. The number of rotatable bonds is 4. The number of aromatic nitrogens is 1. The average Bonchev–Trinajstić information content (AvgIpc) is 2.51. The van der Waals surface area contributed by atoms with Crippen LogP contribution >= 0.6 is 0 Å². The summed E-state index contributed by atoms with van der Waals surface area (Å²) in [6, 6.07) is 1.30. The van der Waals surface area contributed by atoms with Gasteiger partial charge in [-0.25, -0.2) is 4.98 Å². The van der Waals surface area contributed by atoms with Gasteiger partial charge in [0.05, 0.1) is 7.11 Å². The minimum Gasteiger partial charge on any atom is -0.494 e. The van der Waals surface area contributed by atoms with E-state index in [2.05, 4.69) is 18.8 Å². The topological polar surface area (TPSA) is 62.7 Å². The molecule has 0 N–H and O–H groups in total. The molecule has 0 radical (unpaired) electrons. The highest BCUT2D eigenvalue weighted by Gasteiger charge is 2.36. The van der Waals surface area contributed by atoms with Crippen molar-refractivity contribution in [1.29, 1.82) is 0 Å². The van der Waals surface area contributed by atoms with Gasteiger partial charge in [0, 0.05) is 25.8 Å². The number of hydrogen-bond acceptors (Lipinski definition) is 4. The van der Waals surface area contributed by atoms with E-state index >= 15 is 0 Å². The molecular formula is C17H25N3O3. The normalized spacial score (nSPS) is 18.5. The van der Waals surface area contributed by atoms with Crippen LogP contribution in [0.2, 0.25) is 0 Å². The Labute approximate surface area is 137 Å². The third-order valence-electron chi connectivity index (χ3n) is 4.01. The molecule has 2 rings (SSSR count). The molecule has 23 heavy (non-hydrogen) atoms. The first-order chi connectivity index (χ1) is 10.8. The van der Waals surface area contributed by atoms with E-state index in [1.54, 1.807) is 24.1 Å². The quantitative estimate of drug-likeness (QED) is 0.848. The van der Waals surface area contributed by atoms with Gasteiger partial charge in [0.1, 0.15) is 11.8 Å². The summed E-state index contributed by atoms with van der Waals surface area (Å²) < 4.78 is 5.27. The summed E-state index contributed by atoms with van der Waals surface area (Å²) in [5, 5.41) is 0. The van der Waals surface area contributed by atoms with Gasteiger partial charge in [0.2, 0.25) is 5.91 Å². The maximum atomic E-state index is 12.8. The Morgan fingerprint density at radius 1 is 1.43 bits per heavy atom. The van der Waals surface area contributed by atoms with Crippen molar-refractivity contribution < 1.29 is 14.3 Å². The lowest BCUT2D eigenvalue weighted by Crippen LogP contribution is -2.58. The summed E-state index contributed by atoms with van der Waals surface area (Å²) in [6.45, 7) is 9.61. The van der Waals surface area contributed by atoms with E-state index < -0.39 is 6.04 Å². The molecule has 0 saturated carbocycles. The third kappa shape index (κ3) is 3.63. The molecule has 2 amide bonds. The highest BCUT2D eigenvalue weighted by atomic mass is 16.5. The number of aryl methyl sites for hydroxylation is 1. The van der Waals surface area contributed by atoms with Crippen molar-refractivity contribution >= 4 is 11.8 Å². The number of pyridine rings is 1. The van der Waals surface area contributed by atoms with Gasteiger partial charge >= 0.3 is 0 Å². The summed E-state index contributed by atoms with van der Waals surface area (Å²) in [7, 11) is 1.52. The van der Waals surface area contributed by atoms with Gasteiger partial charge < -0.3 is 14.5 Å². The number of nitrogens with zero attached hydrogens (tertiary/aromatic N) is 3. The molecule has 1 aromatic rings. The van der Waals surface area contributed by atoms with E-state index in [1.807, 2.05) is 11.8 Å². The number of piperazine rings is 1. The molecule has 1 saturated heterocycles. The Morgan fingerprint density at radius 2 is 2.13 bits per heavy atom. The lowest BCUT2D eigenvalue weighted by molar-refractivity contribution is -0.140. The summed E-state index contributed by atoms with van der Waals surface area (Å²) in [5.41, 5.74) is 1.18. The van der Waals surface area contributed by atoms with Crippen LogP contribution in [0.4, 0.5) is 0 Å². The fraction of sp³-hybridized carbons (Fsp3) is 0.588. The van der Waals surface area contributed by atoms with Crippen molar-refractivity contribution in [2.45, 2.75) is 33.7 Å². The maximum Gasteiger partial charge on any atom is 0.277 e. The van der Waals surface area contributed by atoms with Crippen LogP contribution in [-0.4, -0.2) is 59.4 Å². The van der Waals surface area contributed by atoms with Crippen LogP contribution in [0, 0.1) is 12.8 Å². The van der Waals surface area contributed by atoms with Crippen molar-refractivity contribution in [2.75, 3.05) is 26.7 Å². The summed E-state index contributed by atoms with van der Waals surface area (Å²) in [5.74, 6) is 0.586. The summed E-state index contributed by atoms with van der Waals surface area (Å²) in [4.78, 5) is 32.9. The van der Waals surface area contributed by atoms with Gasteiger partial charge in [-0.2, -0.15) is 0 Å². The predicted molar refractivity (Wildman–Crippen MR) is 87.4 cm³/mol. The van der Waals surface area contributed by atoms with E-state index in [0.29, 0.717) is 24.8 Å². The zero-order valence-corrected chi connectivity index (χ0v) is 14.5. The number of carbonyl (C=O) groups excluding carboxylic acids is 2. The molecule has 1 atom stereocenters. The van der Waals surface area contributed by atoms with Crippen molar-refractivity contribution in [3.05, 3.63) is 23.5 Å². The molecule has 1 aliphatic rings. The summed E-state index contributed by atoms with van der Waals surface area (Å²) >= 11 is 0. The van der Waals surface area contributed by atoms with Crippen LogP contribution in [0.5, 0.6) is 5.75 Å². The zero-order valence-electron chi connectivity index (χ0n) is 14.5. The molecule has 0 aliphatic carbocycles. The minimum absolute atomic E-state index is 0.00983. The Morgan fingerprint density at radius 3 is 2.74 bits per heavy atom. The lowest BCUT2D eigenvalue weighted by Gasteiger charge is -2.39. The van der Waals surface area contributed by atoms with Crippen LogP contribution < -0.4 is 4.74 Å². The predicted octanol–water partition coefficient (Wildman–Crippen LogP) is 1.73. The van der Waals surface area contributed by atoms with Gasteiger partial charge in [-0.15, -0.1) is 0 Å². The molecule has 1 fully saturated rings. The molecule has 0 spiro atoms. The second-order valence-corrected chi connectivity index (χ2v) is 6.42. The molecule has 0 bridgehead atoms. The Hall–Kier alpha value is -2.11. The summed E-state index contributed by atoms with van der Waals surface area (Å²) in [6.07, 6.45) is 1.64. The van der Waals surface area contributed by atoms with Gasteiger partial charge in [0.15, 0.2) is 5.69 Å². The van der Waals surface area contributed by atoms with Crippen LogP contribution in [0.25, 0.3) is 0 Å². The molecule has 2 heterocycles. The molecule has 126 valence electrons. The van der Waals surface area contributed by atoms with E-state index in [0.717, 1.165) is 12.1 Å². The molecular weight excluding hydrogens is 294 g/mol. The molecule has 6 heteroatoms. The number of ether oxygens (including phenoxy) is 1. The number of methoxy groups -OCH3 is 1. The van der Waals surface area contributed by atoms with Crippen LogP contribution in [-0.2, 0) is 4.79 Å². The second-order valence-electron chi connectivity index (χ2n) is 6.42. The monoisotopic (exact) mass is 319 g/mol. The Balaban J connectivity index is 2.20. The zero-order chi connectivity index (χ0) is 17.1. The van der Waals surface area contributed by atoms with E-state index in [1.165, 1.54) is 7.11 Å². The van der Waals surface area contributed by atoms with Crippen molar-refractivity contribution in [3.8, 4) is 5.75 Å². The van der Waals surface area contributed by atoms with Gasteiger partial charge in [0.25, 0.3) is 5.91 Å². The number of hydrogen-bond donors (Lipinski definition) is 0. The first-order valence-corrected chi connectivity index (χ1v) is 7.95. The largest absolute Gasteiger partial charge is 0.494 e. The SMILES string of the molecule is COc1cc(C)cnc1C(=O)N1CCN(CC(C)C)C(=O)C1C. The number of amides is 2. The lowest BCUT2D eigenvalue weighted by atomic mass is 10.1. The van der Waals surface area contributed by atoms with Gasteiger partial charge in [-0.1, -0.05) is 13.8 Å². The highest BCUT2D eigenvalue weighted by Crippen LogP contribution is 2.22. The second kappa shape index (κ2) is 6.98. The maximum absolute atomic E-state index is 12.8. The van der Waals surface area contributed by atoms with E-state index in [-0.39, 0.29) is 17.5 Å². The van der Waals surface area contributed by atoms with Crippen molar-refractivity contribution in [2.24, 2.45) is 5.92 Å². The van der Waals surface area contributed by atoms with Crippen LogP contribution in [0.1, 0.15) is 36.8 Å². The molecule has 1 aromatic heterocycles. The minimum atomic E-state index is -0.484. The van der Waals surface area contributed by atoms with Gasteiger partial charge in [-0.3, -0.25) is 9.59 Å². The van der Waals surface area contributed by atoms with Crippen molar-refractivity contribution in [1.82, 2.24) is 14.8 Å². The Bertz CT molecular complexity index is 601. The van der Waals surface area contributed by atoms with Crippen LogP contribution in [0.15, 0.2) is 12.3 Å². The van der Waals surface area contributed by atoms with Crippen LogP contribution in [0.3, 0.4) is 0 Å². The fourth-order valence-electron chi connectivity index (χ4n) is 2.82. The fourth-order valence-corrected chi connectivity index (χ4v) is 2.82. The number of carbonyl (C=O) groups is 2. The Kier molecular flexibility index (Phi) is 5.23.